The predicted octanol–water partition coefficient (Wildman–Crippen LogP) is 4.37. The van der Waals surface area contributed by atoms with Gasteiger partial charge in [0, 0.05) is 24.3 Å². The summed E-state index contributed by atoms with van der Waals surface area (Å²) in [6.07, 6.45) is -3.63. The van der Waals surface area contributed by atoms with Crippen LogP contribution in [-0.4, -0.2) is 29.3 Å². The van der Waals surface area contributed by atoms with E-state index in [2.05, 4.69) is 15.2 Å². The molecule has 1 aliphatic rings. The van der Waals surface area contributed by atoms with Crippen LogP contribution in [0.3, 0.4) is 0 Å². The molecule has 0 radical (unpaired) electrons. The molecule has 1 atom stereocenters. The van der Waals surface area contributed by atoms with Crippen molar-refractivity contribution in [3.8, 4) is 0 Å². The Hall–Kier alpha value is -2.35. The lowest BCUT2D eigenvalue weighted by atomic mass is 10.0. The number of pyridine rings is 1. The van der Waals surface area contributed by atoms with Crippen molar-refractivity contribution in [3.05, 3.63) is 53.5 Å². The number of alkyl halides is 3. The van der Waals surface area contributed by atoms with Crippen LogP contribution in [0.2, 0.25) is 0 Å². The van der Waals surface area contributed by atoms with E-state index in [0.717, 1.165) is 11.8 Å². The Morgan fingerprint density at radius 3 is 2.56 bits per heavy atom. The van der Waals surface area contributed by atoms with E-state index < -0.39 is 23.7 Å². The molecule has 1 fully saturated rings. The summed E-state index contributed by atoms with van der Waals surface area (Å²) in [4.78, 5) is 5.66. The van der Waals surface area contributed by atoms with Gasteiger partial charge in [0.15, 0.2) is 0 Å². The number of hydrogen-bond acceptors (Lipinski definition) is 4. The zero-order valence-corrected chi connectivity index (χ0v) is 14.8. The monoisotopic (exact) mass is 383 g/mol. The highest BCUT2D eigenvalue weighted by Crippen LogP contribution is 2.32. The smallest absolute Gasteiger partial charge is 0.393 e. The molecule has 8 heteroatoms. The summed E-state index contributed by atoms with van der Waals surface area (Å²) in [6.45, 7) is 3.02. The van der Waals surface area contributed by atoms with Gasteiger partial charge in [-0.25, -0.2) is 9.37 Å². The Labute approximate surface area is 154 Å². The van der Waals surface area contributed by atoms with Crippen molar-refractivity contribution in [1.82, 2.24) is 4.98 Å². The molecule has 2 N–H and O–H groups in total. The van der Waals surface area contributed by atoms with Crippen molar-refractivity contribution in [2.24, 2.45) is 0 Å². The molecule has 0 saturated carbocycles. The van der Waals surface area contributed by atoms with Gasteiger partial charge >= 0.3 is 6.18 Å². The molecule has 0 aliphatic carbocycles. The largest absolute Gasteiger partial charge is 0.433 e. The number of halogens is 4. The van der Waals surface area contributed by atoms with Gasteiger partial charge in [-0.2, -0.15) is 13.2 Å². The topological polar surface area (TPSA) is 48.4 Å². The molecule has 146 valence electrons. The lowest BCUT2D eigenvalue weighted by molar-refractivity contribution is -0.141. The van der Waals surface area contributed by atoms with E-state index in [1.54, 1.807) is 13.0 Å². The lowest BCUT2D eigenvalue weighted by Crippen LogP contribution is -2.36. The number of hydrogen-bond donors (Lipinski definition) is 2. The number of piperidine rings is 1. The molecule has 0 bridgehead atoms. The maximum atomic E-state index is 13.8. The number of aliphatic hydroxyl groups excluding tert-OH is 1. The molecule has 27 heavy (non-hydrogen) atoms. The van der Waals surface area contributed by atoms with Crippen molar-refractivity contribution in [2.75, 3.05) is 23.3 Å². The second kappa shape index (κ2) is 7.72. The third-order valence-electron chi connectivity index (χ3n) is 4.67. The second-order valence-electron chi connectivity index (χ2n) is 6.69. The Morgan fingerprint density at radius 1 is 1.19 bits per heavy atom. The van der Waals surface area contributed by atoms with E-state index in [4.69, 9.17) is 0 Å². The van der Waals surface area contributed by atoms with Crippen molar-refractivity contribution in [3.63, 3.8) is 0 Å². The summed E-state index contributed by atoms with van der Waals surface area (Å²) in [5.41, 5.74) is 0.449. The first kappa shape index (κ1) is 19.4. The molecular formula is C19H21F4N3O. The van der Waals surface area contributed by atoms with Gasteiger partial charge < -0.3 is 15.3 Å². The third-order valence-corrected chi connectivity index (χ3v) is 4.67. The van der Waals surface area contributed by atoms with Crippen molar-refractivity contribution >= 4 is 11.5 Å². The molecule has 4 nitrogen and oxygen atoms in total. The van der Waals surface area contributed by atoms with E-state index in [0.29, 0.717) is 31.5 Å². The van der Waals surface area contributed by atoms with Crippen molar-refractivity contribution < 1.29 is 22.7 Å². The van der Waals surface area contributed by atoms with Gasteiger partial charge in [-0.15, -0.1) is 0 Å². The van der Waals surface area contributed by atoms with Crippen LogP contribution in [0.1, 0.15) is 37.1 Å². The van der Waals surface area contributed by atoms with E-state index >= 15 is 0 Å². The van der Waals surface area contributed by atoms with Crippen molar-refractivity contribution in [2.45, 2.75) is 38.1 Å². The molecule has 0 amide bonds. The van der Waals surface area contributed by atoms with Gasteiger partial charge in [0.1, 0.15) is 17.3 Å². The fourth-order valence-electron chi connectivity index (χ4n) is 3.24. The third kappa shape index (κ3) is 4.68. The van der Waals surface area contributed by atoms with Crippen LogP contribution >= 0.6 is 0 Å². The van der Waals surface area contributed by atoms with E-state index in [1.165, 1.54) is 24.3 Å². The van der Waals surface area contributed by atoms with Gasteiger partial charge in [-0.3, -0.25) is 0 Å². The Morgan fingerprint density at radius 2 is 1.89 bits per heavy atom. The van der Waals surface area contributed by atoms with Gasteiger partial charge in [0.2, 0.25) is 0 Å². The van der Waals surface area contributed by atoms with Gasteiger partial charge in [-0.1, -0.05) is 6.07 Å². The first-order chi connectivity index (χ1) is 12.7. The van der Waals surface area contributed by atoms with Crippen LogP contribution in [0.25, 0.3) is 0 Å². The fraction of sp³-hybridized carbons (Fsp3) is 0.421. The fourth-order valence-corrected chi connectivity index (χ4v) is 3.24. The average molecular weight is 383 g/mol. The summed E-state index contributed by atoms with van der Waals surface area (Å²) < 4.78 is 52.4. The average Bonchev–Trinajstić information content (AvgIpc) is 2.62. The van der Waals surface area contributed by atoms with Crippen molar-refractivity contribution in [1.29, 1.82) is 0 Å². The van der Waals surface area contributed by atoms with Gasteiger partial charge in [0.05, 0.1) is 12.1 Å². The van der Waals surface area contributed by atoms with E-state index in [9.17, 15) is 22.7 Å². The molecule has 3 rings (SSSR count). The van der Waals surface area contributed by atoms with Gasteiger partial charge in [0.25, 0.3) is 0 Å². The van der Waals surface area contributed by atoms with Gasteiger partial charge in [-0.05, 0) is 50.1 Å². The lowest BCUT2D eigenvalue weighted by Gasteiger charge is -2.34. The van der Waals surface area contributed by atoms with E-state index in [-0.39, 0.29) is 11.9 Å². The van der Waals surface area contributed by atoms with Crippen LogP contribution < -0.4 is 10.2 Å². The predicted molar refractivity (Wildman–Crippen MR) is 95.1 cm³/mol. The summed E-state index contributed by atoms with van der Waals surface area (Å²) in [5, 5.41) is 12.6. The van der Waals surface area contributed by atoms with Crippen LogP contribution in [0.5, 0.6) is 0 Å². The molecule has 1 aliphatic heterocycles. The first-order valence-corrected chi connectivity index (χ1v) is 8.77. The maximum absolute atomic E-state index is 13.8. The Bertz CT molecular complexity index is 789. The maximum Gasteiger partial charge on any atom is 0.433 e. The standard InChI is InChI=1S/C19H21F4N3O/c1-12(24-18-4-2-3-17(25-18)19(21,22)23)15-11-13(20)5-6-16(15)26-9-7-14(27)8-10-26/h2-6,11-12,14,27H,7-10H2,1H3,(H,24,25). The minimum absolute atomic E-state index is 0.0709. The zero-order chi connectivity index (χ0) is 19.6. The SMILES string of the molecule is CC(Nc1cccc(C(F)(F)F)n1)c1cc(F)ccc1N1CCC(O)CC1. The number of nitrogens with one attached hydrogen (secondary N) is 1. The molecule has 0 spiro atoms. The number of rotatable bonds is 4. The highest BCUT2D eigenvalue weighted by molar-refractivity contribution is 5.57. The summed E-state index contributed by atoms with van der Waals surface area (Å²) in [5.74, 6) is -0.349. The summed E-state index contributed by atoms with van der Waals surface area (Å²) >= 11 is 0. The number of benzene rings is 1. The molecule has 2 heterocycles. The number of aromatic nitrogens is 1. The highest BCUT2D eigenvalue weighted by Gasteiger charge is 2.32. The molecule has 1 unspecified atom stereocenters. The quantitative estimate of drug-likeness (QED) is 0.770. The highest BCUT2D eigenvalue weighted by atomic mass is 19.4. The number of nitrogens with zero attached hydrogens (tertiary/aromatic N) is 2. The first-order valence-electron chi connectivity index (χ1n) is 8.77. The molecular weight excluding hydrogens is 362 g/mol. The minimum Gasteiger partial charge on any atom is -0.393 e. The number of aliphatic hydroxyl groups is 1. The molecule has 1 aromatic carbocycles. The van der Waals surface area contributed by atoms with Crippen LogP contribution in [0, 0.1) is 5.82 Å². The van der Waals surface area contributed by atoms with Crippen LogP contribution in [0.15, 0.2) is 36.4 Å². The van der Waals surface area contributed by atoms with Crippen LogP contribution in [0.4, 0.5) is 29.1 Å². The molecule has 2 aromatic rings. The molecule has 1 saturated heterocycles. The second-order valence-corrected chi connectivity index (χ2v) is 6.69. The molecule has 1 aromatic heterocycles. The minimum atomic E-state index is -4.53. The van der Waals surface area contributed by atoms with Crippen LogP contribution in [-0.2, 0) is 6.18 Å². The normalized spacial score (nSPS) is 17.0. The van der Waals surface area contributed by atoms with E-state index in [1.807, 2.05) is 0 Å². The Kier molecular flexibility index (Phi) is 5.55. The zero-order valence-electron chi connectivity index (χ0n) is 14.8. The summed E-state index contributed by atoms with van der Waals surface area (Å²) in [7, 11) is 0. The Balaban J connectivity index is 1.84. The number of anilines is 2. The summed E-state index contributed by atoms with van der Waals surface area (Å²) in [6, 6.07) is 7.58.